The minimum atomic E-state index is -3.06. The highest BCUT2D eigenvalue weighted by molar-refractivity contribution is 7.99. The predicted molar refractivity (Wildman–Crippen MR) is 131 cm³/mol. The lowest BCUT2D eigenvalue weighted by molar-refractivity contribution is -0.130. The maximum atomic E-state index is 13.3. The van der Waals surface area contributed by atoms with Gasteiger partial charge in [-0.3, -0.25) is 14.2 Å². The Hall–Kier alpha value is -1.39. The molecule has 0 spiro atoms. The number of amides is 1. The molecule has 0 saturated carbocycles. The molecule has 0 bridgehead atoms. The van der Waals surface area contributed by atoms with Crippen LogP contribution in [0.2, 0.25) is 0 Å². The van der Waals surface area contributed by atoms with Gasteiger partial charge in [0, 0.05) is 24.0 Å². The van der Waals surface area contributed by atoms with Gasteiger partial charge in [0.2, 0.25) is 5.91 Å². The van der Waals surface area contributed by atoms with Crippen LogP contribution in [0.5, 0.6) is 0 Å². The lowest BCUT2D eigenvalue weighted by Gasteiger charge is -2.28. The van der Waals surface area contributed by atoms with E-state index in [0.717, 1.165) is 35.9 Å². The van der Waals surface area contributed by atoms with Gasteiger partial charge < -0.3 is 4.90 Å². The van der Waals surface area contributed by atoms with Crippen molar-refractivity contribution in [3.8, 4) is 0 Å². The van der Waals surface area contributed by atoms with E-state index in [1.165, 1.54) is 22.2 Å². The van der Waals surface area contributed by atoms with Crippen LogP contribution >= 0.6 is 23.1 Å². The predicted octanol–water partition coefficient (Wildman–Crippen LogP) is 3.12. The van der Waals surface area contributed by atoms with E-state index in [9.17, 15) is 18.0 Å². The fourth-order valence-corrected chi connectivity index (χ4v) is 8.88. The molecule has 1 saturated heterocycles. The molecule has 1 fully saturated rings. The lowest BCUT2D eigenvalue weighted by Crippen LogP contribution is -2.42. The van der Waals surface area contributed by atoms with Crippen LogP contribution in [0.25, 0.3) is 10.2 Å². The van der Waals surface area contributed by atoms with Crippen LogP contribution in [0.1, 0.15) is 50.5 Å². The van der Waals surface area contributed by atoms with Crippen LogP contribution in [0, 0.1) is 5.92 Å². The van der Waals surface area contributed by atoms with Crippen LogP contribution in [0.3, 0.4) is 0 Å². The van der Waals surface area contributed by atoms with Crippen molar-refractivity contribution in [1.82, 2.24) is 14.5 Å². The summed E-state index contributed by atoms with van der Waals surface area (Å²) >= 11 is 2.91. The van der Waals surface area contributed by atoms with Crippen molar-refractivity contribution in [3.63, 3.8) is 0 Å². The van der Waals surface area contributed by atoms with Crippen LogP contribution < -0.4 is 5.56 Å². The smallest absolute Gasteiger partial charge is 0.263 e. The molecule has 1 amide bonds. The largest absolute Gasteiger partial charge is 0.338 e. The Labute approximate surface area is 197 Å². The van der Waals surface area contributed by atoms with Crippen molar-refractivity contribution in [2.24, 2.45) is 5.92 Å². The van der Waals surface area contributed by atoms with E-state index >= 15 is 0 Å². The second-order valence-electron chi connectivity index (χ2n) is 8.91. The second kappa shape index (κ2) is 9.46. The Morgan fingerprint density at radius 1 is 1.31 bits per heavy atom. The van der Waals surface area contributed by atoms with Gasteiger partial charge in [-0.2, -0.15) is 0 Å². The number of rotatable bonds is 7. The molecule has 2 unspecified atom stereocenters. The molecule has 1 aliphatic carbocycles. The summed E-state index contributed by atoms with van der Waals surface area (Å²) < 4.78 is 25.5. The van der Waals surface area contributed by atoms with E-state index in [1.54, 1.807) is 20.8 Å². The van der Waals surface area contributed by atoms with Crippen molar-refractivity contribution >= 4 is 49.1 Å². The van der Waals surface area contributed by atoms with Crippen LogP contribution in [0.4, 0.5) is 0 Å². The summed E-state index contributed by atoms with van der Waals surface area (Å²) in [5.74, 6) is 0.881. The highest BCUT2D eigenvalue weighted by Crippen LogP contribution is 2.36. The molecule has 32 heavy (non-hydrogen) atoms. The Morgan fingerprint density at radius 3 is 2.75 bits per heavy atom. The Balaban J connectivity index is 1.58. The van der Waals surface area contributed by atoms with E-state index in [4.69, 9.17) is 4.98 Å². The summed E-state index contributed by atoms with van der Waals surface area (Å²) in [6.45, 7) is 7.20. The molecular formula is C22H31N3O4S3. The van der Waals surface area contributed by atoms with Gasteiger partial charge in [0.1, 0.15) is 4.83 Å². The number of carbonyl (C=O) groups excluding carboxylic acids is 1. The summed E-state index contributed by atoms with van der Waals surface area (Å²) in [5.41, 5.74) is 1.17. The lowest BCUT2D eigenvalue weighted by atomic mass is 9.89. The molecule has 2 aromatic rings. The first kappa shape index (κ1) is 23.8. The number of carbonyl (C=O) groups is 1. The zero-order chi connectivity index (χ0) is 23.0. The van der Waals surface area contributed by atoms with Gasteiger partial charge in [-0.15, -0.1) is 11.3 Å². The topological polar surface area (TPSA) is 89.3 Å². The van der Waals surface area contributed by atoms with Gasteiger partial charge in [-0.05, 0) is 50.5 Å². The molecule has 2 aromatic heterocycles. The number of fused-ring (bicyclic) bond motifs is 3. The summed E-state index contributed by atoms with van der Waals surface area (Å²) in [7, 11) is -3.06. The van der Waals surface area contributed by atoms with Gasteiger partial charge in [0.15, 0.2) is 15.0 Å². The third kappa shape index (κ3) is 4.63. The van der Waals surface area contributed by atoms with E-state index < -0.39 is 9.84 Å². The molecule has 2 aliphatic rings. The van der Waals surface area contributed by atoms with Crippen molar-refractivity contribution in [2.45, 2.75) is 70.6 Å². The van der Waals surface area contributed by atoms with Gasteiger partial charge in [-0.25, -0.2) is 13.4 Å². The van der Waals surface area contributed by atoms with Crippen molar-refractivity contribution in [3.05, 3.63) is 20.8 Å². The van der Waals surface area contributed by atoms with Crippen molar-refractivity contribution in [2.75, 3.05) is 23.8 Å². The van der Waals surface area contributed by atoms with E-state index in [0.29, 0.717) is 30.6 Å². The molecule has 0 N–H and O–H groups in total. The quantitative estimate of drug-likeness (QED) is 0.431. The monoisotopic (exact) mass is 497 g/mol. The third-order valence-corrected chi connectivity index (χ3v) is 10.3. The summed E-state index contributed by atoms with van der Waals surface area (Å²) in [6.07, 6.45) is 4.30. The van der Waals surface area contributed by atoms with Crippen molar-refractivity contribution < 1.29 is 13.2 Å². The molecule has 10 heteroatoms. The fourth-order valence-electron chi connectivity index (χ4n) is 4.78. The molecule has 4 rings (SSSR count). The molecule has 3 heterocycles. The van der Waals surface area contributed by atoms with Crippen LogP contribution in [-0.2, 0) is 34.0 Å². The molecule has 7 nitrogen and oxygen atoms in total. The Bertz CT molecular complexity index is 1190. The van der Waals surface area contributed by atoms with E-state index in [-0.39, 0.29) is 34.8 Å². The zero-order valence-corrected chi connectivity index (χ0v) is 21.4. The summed E-state index contributed by atoms with van der Waals surface area (Å²) in [5, 5.41) is 1.33. The molecular weight excluding hydrogens is 466 g/mol. The Kier molecular flexibility index (Phi) is 7.03. The standard InChI is InChI=1S/C22H31N3O4S3/c1-4-9-25(15-8-10-32(28,29)13-15)18(26)12-30-22-23-20-19(21(27)24(22)5-2)16-7-6-14(3)11-17(16)31-20/h14-15H,4-13H2,1-3H3. The maximum absolute atomic E-state index is 13.3. The number of thiophene rings is 1. The van der Waals surface area contributed by atoms with Crippen LogP contribution in [-0.4, -0.2) is 58.6 Å². The van der Waals surface area contributed by atoms with Gasteiger partial charge in [-0.1, -0.05) is 25.6 Å². The Morgan fingerprint density at radius 2 is 2.09 bits per heavy atom. The minimum absolute atomic E-state index is 0.00759. The molecule has 1 aliphatic heterocycles. The van der Waals surface area contributed by atoms with Crippen LogP contribution in [0.15, 0.2) is 9.95 Å². The number of hydrogen-bond acceptors (Lipinski definition) is 7. The number of thioether (sulfide) groups is 1. The normalized spacial score (nSPS) is 22.2. The first-order chi connectivity index (χ1) is 15.2. The molecule has 0 aromatic carbocycles. The molecule has 2 atom stereocenters. The maximum Gasteiger partial charge on any atom is 0.263 e. The number of hydrogen-bond donors (Lipinski definition) is 0. The number of sulfone groups is 1. The third-order valence-electron chi connectivity index (χ3n) is 6.46. The summed E-state index contributed by atoms with van der Waals surface area (Å²) in [4.78, 5) is 34.9. The fraction of sp³-hybridized carbons (Fsp3) is 0.682. The first-order valence-corrected chi connectivity index (χ1v) is 15.0. The van der Waals surface area contributed by atoms with E-state index in [1.807, 2.05) is 13.8 Å². The number of aryl methyl sites for hydroxylation is 1. The highest BCUT2D eigenvalue weighted by Gasteiger charge is 2.34. The van der Waals surface area contributed by atoms with Gasteiger partial charge in [0.05, 0.1) is 22.6 Å². The molecule has 176 valence electrons. The minimum Gasteiger partial charge on any atom is -0.338 e. The summed E-state index contributed by atoms with van der Waals surface area (Å²) in [6, 6.07) is -0.247. The molecule has 0 radical (unpaired) electrons. The average Bonchev–Trinajstić information content (AvgIpc) is 3.29. The number of aromatic nitrogens is 2. The zero-order valence-electron chi connectivity index (χ0n) is 18.9. The van der Waals surface area contributed by atoms with E-state index in [2.05, 4.69) is 6.92 Å². The average molecular weight is 498 g/mol. The first-order valence-electron chi connectivity index (χ1n) is 11.4. The van der Waals surface area contributed by atoms with Gasteiger partial charge in [0.25, 0.3) is 5.56 Å². The van der Waals surface area contributed by atoms with Crippen molar-refractivity contribution in [1.29, 1.82) is 0 Å². The highest BCUT2D eigenvalue weighted by atomic mass is 32.2. The second-order valence-corrected chi connectivity index (χ2v) is 13.2. The SMILES string of the molecule is CCCN(C(=O)CSc1nc2sc3c(c2c(=O)n1CC)CCC(C)C3)C1CCS(=O)(=O)C1. The number of nitrogens with zero attached hydrogens (tertiary/aromatic N) is 3. The van der Waals surface area contributed by atoms with Gasteiger partial charge >= 0.3 is 0 Å².